The molecule has 0 aromatic rings. The Bertz CT molecular complexity index is 300. The third-order valence-electron chi connectivity index (χ3n) is 5.23. The Labute approximate surface area is 117 Å². The average Bonchev–Trinajstić information content (AvgIpc) is 2.38. The van der Waals surface area contributed by atoms with Gasteiger partial charge in [-0.15, -0.1) is 0 Å². The second kappa shape index (κ2) is 6.25. The molecule has 2 unspecified atom stereocenters. The topological polar surface area (TPSA) is 41.1 Å². The molecule has 3 heteroatoms. The number of nitrogens with one attached hydrogen (secondary N) is 2. The molecule has 2 fully saturated rings. The Kier molecular flexibility index (Phi) is 4.88. The molecule has 0 aromatic carbocycles. The summed E-state index contributed by atoms with van der Waals surface area (Å²) in [6.07, 6.45) is 6.59. The Morgan fingerprint density at radius 1 is 1.16 bits per heavy atom. The Hall–Kier alpha value is -0.570. The van der Waals surface area contributed by atoms with Gasteiger partial charge in [0.25, 0.3) is 0 Å². The maximum Gasteiger partial charge on any atom is 0.226 e. The van der Waals surface area contributed by atoms with Crippen LogP contribution in [0.4, 0.5) is 0 Å². The SMILES string of the molecule is CCC1(C(=O)NC2CC(C)CC(C)C2)CCNCC1. The van der Waals surface area contributed by atoms with E-state index in [0.29, 0.717) is 11.9 Å². The van der Waals surface area contributed by atoms with E-state index >= 15 is 0 Å². The first-order valence-electron chi connectivity index (χ1n) is 8.07. The van der Waals surface area contributed by atoms with Gasteiger partial charge in [0.05, 0.1) is 5.41 Å². The fraction of sp³-hybridized carbons (Fsp3) is 0.938. The van der Waals surface area contributed by atoms with Crippen molar-refractivity contribution in [2.75, 3.05) is 13.1 Å². The van der Waals surface area contributed by atoms with Crippen molar-refractivity contribution in [3.63, 3.8) is 0 Å². The van der Waals surface area contributed by atoms with Crippen LogP contribution in [-0.2, 0) is 4.79 Å². The van der Waals surface area contributed by atoms with E-state index in [1.807, 2.05) is 0 Å². The van der Waals surface area contributed by atoms with E-state index in [4.69, 9.17) is 0 Å². The van der Waals surface area contributed by atoms with Gasteiger partial charge in [-0.3, -0.25) is 4.79 Å². The summed E-state index contributed by atoms with van der Waals surface area (Å²) in [5.41, 5.74) is -0.102. The molecule has 0 aromatic heterocycles. The van der Waals surface area contributed by atoms with Crippen molar-refractivity contribution in [2.45, 2.75) is 65.3 Å². The maximum absolute atomic E-state index is 12.7. The normalized spacial score (nSPS) is 34.8. The van der Waals surface area contributed by atoms with Gasteiger partial charge in [0.1, 0.15) is 0 Å². The molecule has 1 amide bonds. The Morgan fingerprint density at radius 2 is 1.74 bits per heavy atom. The third-order valence-corrected chi connectivity index (χ3v) is 5.23. The minimum atomic E-state index is -0.102. The number of rotatable bonds is 3. The molecule has 2 rings (SSSR count). The van der Waals surface area contributed by atoms with Crippen molar-refractivity contribution in [2.24, 2.45) is 17.3 Å². The zero-order valence-corrected chi connectivity index (χ0v) is 12.8. The number of carbonyl (C=O) groups is 1. The summed E-state index contributed by atoms with van der Waals surface area (Å²) in [5, 5.41) is 6.74. The Morgan fingerprint density at radius 3 is 2.26 bits per heavy atom. The number of carbonyl (C=O) groups excluding carboxylic acids is 1. The van der Waals surface area contributed by atoms with Crippen molar-refractivity contribution in [3.8, 4) is 0 Å². The van der Waals surface area contributed by atoms with E-state index in [-0.39, 0.29) is 5.41 Å². The quantitative estimate of drug-likeness (QED) is 0.824. The first kappa shape index (κ1) is 14.8. The van der Waals surface area contributed by atoms with E-state index in [1.54, 1.807) is 0 Å². The highest BCUT2D eigenvalue weighted by Gasteiger charge is 2.39. The molecule has 2 N–H and O–H groups in total. The first-order chi connectivity index (χ1) is 9.05. The van der Waals surface area contributed by atoms with E-state index in [1.165, 1.54) is 6.42 Å². The fourth-order valence-electron chi connectivity index (χ4n) is 4.05. The summed E-state index contributed by atoms with van der Waals surface area (Å²) >= 11 is 0. The lowest BCUT2D eigenvalue weighted by molar-refractivity contribution is -0.134. The molecule has 1 saturated heterocycles. The van der Waals surface area contributed by atoms with Crippen LogP contribution in [0.15, 0.2) is 0 Å². The standard InChI is InChI=1S/C16H30N2O/c1-4-16(5-7-17-8-6-16)15(19)18-14-10-12(2)9-13(3)11-14/h12-14,17H,4-11H2,1-3H3,(H,18,19). The molecular weight excluding hydrogens is 236 g/mol. The molecule has 2 aliphatic rings. The van der Waals surface area contributed by atoms with Crippen LogP contribution in [0.2, 0.25) is 0 Å². The van der Waals surface area contributed by atoms with Gasteiger partial charge in [-0.25, -0.2) is 0 Å². The zero-order chi connectivity index (χ0) is 13.9. The van der Waals surface area contributed by atoms with Gasteiger partial charge in [0.15, 0.2) is 0 Å². The zero-order valence-electron chi connectivity index (χ0n) is 12.8. The number of amides is 1. The average molecular weight is 266 g/mol. The highest BCUT2D eigenvalue weighted by atomic mass is 16.2. The van der Waals surface area contributed by atoms with Crippen LogP contribution in [0, 0.1) is 17.3 Å². The molecule has 1 aliphatic heterocycles. The molecular formula is C16H30N2O. The predicted molar refractivity (Wildman–Crippen MR) is 78.9 cm³/mol. The molecule has 3 nitrogen and oxygen atoms in total. The number of hydrogen-bond acceptors (Lipinski definition) is 2. The van der Waals surface area contributed by atoms with E-state index < -0.39 is 0 Å². The summed E-state index contributed by atoms with van der Waals surface area (Å²) < 4.78 is 0. The van der Waals surface area contributed by atoms with E-state index in [2.05, 4.69) is 31.4 Å². The minimum Gasteiger partial charge on any atom is -0.353 e. The summed E-state index contributed by atoms with van der Waals surface area (Å²) in [6.45, 7) is 8.76. The van der Waals surface area contributed by atoms with Crippen LogP contribution in [-0.4, -0.2) is 25.0 Å². The van der Waals surface area contributed by atoms with E-state index in [0.717, 1.165) is 57.0 Å². The van der Waals surface area contributed by atoms with Gasteiger partial charge in [-0.1, -0.05) is 20.8 Å². The van der Waals surface area contributed by atoms with Gasteiger partial charge >= 0.3 is 0 Å². The summed E-state index contributed by atoms with van der Waals surface area (Å²) in [6, 6.07) is 0.407. The van der Waals surface area contributed by atoms with Crippen LogP contribution in [0.5, 0.6) is 0 Å². The van der Waals surface area contributed by atoms with Crippen LogP contribution in [0.1, 0.15) is 59.3 Å². The maximum atomic E-state index is 12.7. The smallest absolute Gasteiger partial charge is 0.226 e. The molecule has 1 heterocycles. The van der Waals surface area contributed by atoms with Gasteiger partial charge in [0, 0.05) is 6.04 Å². The van der Waals surface area contributed by atoms with Crippen molar-refractivity contribution in [3.05, 3.63) is 0 Å². The van der Waals surface area contributed by atoms with Gasteiger partial charge in [-0.2, -0.15) is 0 Å². The van der Waals surface area contributed by atoms with E-state index in [9.17, 15) is 4.79 Å². The predicted octanol–water partition coefficient (Wildman–Crippen LogP) is 2.71. The summed E-state index contributed by atoms with van der Waals surface area (Å²) in [5.74, 6) is 1.82. The van der Waals surface area contributed by atoms with Crippen molar-refractivity contribution in [1.82, 2.24) is 10.6 Å². The van der Waals surface area contributed by atoms with Crippen LogP contribution < -0.4 is 10.6 Å². The molecule has 2 atom stereocenters. The lowest BCUT2D eigenvalue weighted by Gasteiger charge is -2.39. The van der Waals surface area contributed by atoms with Crippen LogP contribution in [0.3, 0.4) is 0 Å². The highest BCUT2D eigenvalue weighted by molar-refractivity contribution is 5.83. The number of hydrogen-bond donors (Lipinski definition) is 2. The summed E-state index contributed by atoms with van der Waals surface area (Å²) in [7, 11) is 0. The fourth-order valence-corrected chi connectivity index (χ4v) is 4.05. The van der Waals surface area contributed by atoms with Crippen molar-refractivity contribution < 1.29 is 4.79 Å². The lowest BCUT2D eigenvalue weighted by atomic mass is 9.74. The molecule has 0 bridgehead atoms. The second-order valence-electron chi connectivity index (χ2n) is 6.97. The molecule has 0 spiro atoms. The number of piperidine rings is 1. The monoisotopic (exact) mass is 266 g/mol. The van der Waals surface area contributed by atoms with Crippen molar-refractivity contribution in [1.29, 1.82) is 0 Å². The molecule has 19 heavy (non-hydrogen) atoms. The van der Waals surface area contributed by atoms with Crippen LogP contribution >= 0.6 is 0 Å². The molecule has 1 aliphatic carbocycles. The lowest BCUT2D eigenvalue weighted by Crippen LogP contribution is -2.51. The molecule has 1 saturated carbocycles. The van der Waals surface area contributed by atoms with Crippen LogP contribution in [0.25, 0.3) is 0 Å². The summed E-state index contributed by atoms with van der Waals surface area (Å²) in [4.78, 5) is 12.7. The van der Waals surface area contributed by atoms with Gasteiger partial charge in [0.2, 0.25) is 5.91 Å². The third kappa shape index (κ3) is 3.50. The van der Waals surface area contributed by atoms with Gasteiger partial charge < -0.3 is 10.6 Å². The van der Waals surface area contributed by atoms with Crippen molar-refractivity contribution >= 4 is 5.91 Å². The largest absolute Gasteiger partial charge is 0.353 e. The highest BCUT2D eigenvalue weighted by Crippen LogP contribution is 2.34. The molecule has 0 radical (unpaired) electrons. The Balaban J connectivity index is 1.95. The first-order valence-corrected chi connectivity index (χ1v) is 8.07. The van der Waals surface area contributed by atoms with Gasteiger partial charge in [-0.05, 0) is 63.5 Å². The second-order valence-corrected chi connectivity index (χ2v) is 6.97. The minimum absolute atomic E-state index is 0.102. The molecule has 110 valence electrons.